The van der Waals surface area contributed by atoms with E-state index in [1.54, 1.807) is 19.1 Å². The van der Waals surface area contributed by atoms with E-state index in [0.717, 1.165) is 28.3 Å². The molecule has 0 amide bonds. The topological polar surface area (TPSA) is 48.4 Å². The van der Waals surface area contributed by atoms with Crippen LogP contribution in [0.5, 0.6) is 5.75 Å². The number of fused-ring (bicyclic) bond motifs is 1. The van der Waals surface area contributed by atoms with E-state index in [0.29, 0.717) is 23.3 Å². The largest absolute Gasteiger partial charge is 0.489 e. The number of pyridine rings is 1. The van der Waals surface area contributed by atoms with Crippen molar-refractivity contribution < 1.29 is 27.4 Å². The molecule has 180 valence electrons. The van der Waals surface area contributed by atoms with Gasteiger partial charge in [0.2, 0.25) is 0 Å². The first-order chi connectivity index (χ1) is 16.7. The Morgan fingerprint density at radius 2 is 1.74 bits per heavy atom. The molecule has 1 atom stereocenters. The monoisotopic (exact) mass is 479 g/mol. The van der Waals surface area contributed by atoms with Gasteiger partial charge < -0.3 is 9.47 Å². The van der Waals surface area contributed by atoms with Crippen molar-refractivity contribution in [2.75, 3.05) is 7.11 Å². The molecule has 0 radical (unpaired) electrons. The Hall–Kier alpha value is -3.87. The highest BCUT2D eigenvalue weighted by atomic mass is 19.4. The lowest BCUT2D eigenvalue weighted by atomic mass is 9.95. The molecule has 0 spiro atoms. The van der Waals surface area contributed by atoms with Crippen LogP contribution in [0, 0.1) is 6.92 Å². The maximum absolute atomic E-state index is 13.5. The Labute approximate surface area is 201 Å². The number of nitrogens with zero attached hydrogens (tertiary/aromatic N) is 1. The van der Waals surface area contributed by atoms with Crippen LogP contribution in [0.4, 0.5) is 13.2 Å². The van der Waals surface area contributed by atoms with Crippen LogP contribution in [0.1, 0.15) is 35.1 Å². The van der Waals surface area contributed by atoms with Gasteiger partial charge in [0, 0.05) is 11.6 Å². The zero-order valence-electron chi connectivity index (χ0n) is 19.5. The number of hydrogen-bond acceptors (Lipinski definition) is 4. The van der Waals surface area contributed by atoms with Gasteiger partial charge in [-0.05, 0) is 59.9 Å². The number of benzene rings is 3. The molecule has 0 saturated carbocycles. The summed E-state index contributed by atoms with van der Waals surface area (Å²) in [6.45, 7) is 3.91. The first kappa shape index (κ1) is 24.3. The van der Waals surface area contributed by atoms with E-state index < -0.39 is 11.7 Å². The smallest absolute Gasteiger partial charge is 0.418 e. The molecule has 7 heteroatoms. The Morgan fingerprint density at radius 3 is 2.43 bits per heavy atom. The first-order valence-corrected chi connectivity index (χ1v) is 11.0. The molecule has 0 saturated heterocycles. The van der Waals surface area contributed by atoms with Crippen molar-refractivity contribution in [2.45, 2.75) is 32.5 Å². The third-order valence-corrected chi connectivity index (χ3v) is 5.96. The van der Waals surface area contributed by atoms with Crippen LogP contribution in [-0.4, -0.2) is 18.1 Å². The van der Waals surface area contributed by atoms with Gasteiger partial charge in [0.15, 0.2) is 0 Å². The molecule has 1 heterocycles. The van der Waals surface area contributed by atoms with Gasteiger partial charge in [-0.3, -0.25) is 9.78 Å². The SMILES string of the molecule is COC(=O)C(C)c1ccc(COc2cccc(-c3c(C)cnc4c(C(F)(F)F)cccc34)c2)cc1. The van der Waals surface area contributed by atoms with Crippen molar-refractivity contribution >= 4 is 16.9 Å². The standard InChI is InChI=1S/C28H24F3NO3/c1-17-15-32-26-23(8-5-9-24(26)28(29,30)31)25(17)21-6-4-7-22(14-21)35-16-19-10-12-20(13-11-19)18(2)27(33)34-3/h4-15,18H,16H2,1-3H3. The number of alkyl halides is 3. The fourth-order valence-electron chi connectivity index (χ4n) is 4.06. The highest BCUT2D eigenvalue weighted by Gasteiger charge is 2.33. The van der Waals surface area contributed by atoms with Gasteiger partial charge in [0.05, 0.1) is 24.1 Å². The molecular formula is C28H24F3NO3. The minimum Gasteiger partial charge on any atom is -0.489 e. The average Bonchev–Trinajstić information content (AvgIpc) is 2.86. The number of methoxy groups -OCH3 is 1. The number of ether oxygens (including phenoxy) is 2. The summed E-state index contributed by atoms with van der Waals surface area (Å²) >= 11 is 0. The van der Waals surface area contributed by atoms with Crippen LogP contribution in [0.2, 0.25) is 0 Å². The van der Waals surface area contributed by atoms with Crippen LogP contribution in [0.3, 0.4) is 0 Å². The number of rotatable bonds is 6. The second kappa shape index (κ2) is 9.78. The minimum absolute atomic E-state index is 0.0757. The van der Waals surface area contributed by atoms with Gasteiger partial charge in [-0.25, -0.2) is 0 Å². The quantitative estimate of drug-likeness (QED) is 0.277. The van der Waals surface area contributed by atoms with Crippen molar-refractivity contribution in [3.05, 3.63) is 95.2 Å². The predicted octanol–water partition coefficient (Wildman–Crippen LogP) is 7.08. The van der Waals surface area contributed by atoms with Gasteiger partial charge in [-0.1, -0.05) is 48.5 Å². The van der Waals surface area contributed by atoms with Gasteiger partial charge in [0.25, 0.3) is 0 Å². The molecule has 0 fully saturated rings. The molecule has 0 aliphatic rings. The molecule has 3 aromatic carbocycles. The van der Waals surface area contributed by atoms with Gasteiger partial charge in [-0.2, -0.15) is 13.2 Å². The van der Waals surface area contributed by atoms with E-state index >= 15 is 0 Å². The van der Waals surface area contributed by atoms with Crippen LogP contribution in [0.15, 0.2) is 72.9 Å². The summed E-state index contributed by atoms with van der Waals surface area (Å²) in [5.74, 6) is -0.0686. The fourth-order valence-corrected chi connectivity index (χ4v) is 4.06. The van der Waals surface area contributed by atoms with E-state index in [2.05, 4.69) is 4.98 Å². The summed E-state index contributed by atoms with van der Waals surface area (Å²) in [5.41, 5.74) is 3.13. The number of carbonyl (C=O) groups excluding carboxylic acids is 1. The highest BCUT2D eigenvalue weighted by Crippen LogP contribution is 2.38. The molecule has 0 aliphatic carbocycles. The number of para-hydroxylation sites is 1. The Kier molecular flexibility index (Phi) is 6.78. The third kappa shape index (κ3) is 5.14. The zero-order valence-corrected chi connectivity index (χ0v) is 19.5. The summed E-state index contributed by atoms with van der Waals surface area (Å²) in [5, 5.41) is 0.437. The molecule has 4 rings (SSSR count). The number of aromatic nitrogens is 1. The average molecular weight is 479 g/mol. The summed E-state index contributed by atoms with van der Waals surface area (Å²) in [6, 6.07) is 18.9. The molecule has 1 aromatic heterocycles. The second-order valence-electron chi connectivity index (χ2n) is 8.32. The summed E-state index contributed by atoms with van der Waals surface area (Å²) < 4.78 is 51.3. The maximum atomic E-state index is 13.5. The normalized spacial score (nSPS) is 12.4. The number of aryl methyl sites for hydroxylation is 1. The summed E-state index contributed by atoms with van der Waals surface area (Å²) in [7, 11) is 1.36. The van der Waals surface area contributed by atoms with Crippen molar-refractivity contribution in [3.63, 3.8) is 0 Å². The molecule has 1 unspecified atom stereocenters. The maximum Gasteiger partial charge on any atom is 0.418 e. The molecule has 0 N–H and O–H groups in total. The van der Waals surface area contributed by atoms with E-state index in [-0.39, 0.29) is 17.4 Å². The van der Waals surface area contributed by atoms with E-state index in [9.17, 15) is 18.0 Å². The van der Waals surface area contributed by atoms with Crippen LogP contribution < -0.4 is 4.74 Å². The van der Waals surface area contributed by atoms with E-state index in [1.807, 2.05) is 49.4 Å². The number of halogens is 3. The summed E-state index contributed by atoms with van der Waals surface area (Å²) in [6.07, 6.45) is -3.02. The Balaban J connectivity index is 1.60. The molecule has 4 aromatic rings. The highest BCUT2D eigenvalue weighted by molar-refractivity contribution is 5.97. The Bertz CT molecular complexity index is 1360. The molecule has 0 bridgehead atoms. The molecular weight excluding hydrogens is 455 g/mol. The number of carbonyl (C=O) groups is 1. The lowest BCUT2D eigenvalue weighted by Gasteiger charge is -2.15. The van der Waals surface area contributed by atoms with Crippen molar-refractivity contribution in [1.82, 2.24) is 4.98 Å². The predicted molar refractivity (Wildman–Crippen MR) is 128 cm³/mol. The van der Waals surface area contributed by atoms with Crippen LogP contribution >= 0.6 is 0 Å². The molecule has 4 nitrogen and oxygen atoms in total. The van der Waals surface area contributed by atoms with Crippen molar-refractivity contribution in [1.29, 1.82) is 0 Å². The number of esters is 1. The van der Waals surface area contributed by atoms with E-state index in [4.69, 9.17) is 9.47 Å². The second-order valence-corrected chi connectivity index (χ2v) is 8.32. The van der Waals surface area contributed by atoms with Crippen LogP contribution in [0.25, 0.3) is 22.0 Å². The number of hydrogen-bond donors (Lipinski definition) is 0. The van der Waals surface area contributed by atoms with E-state index in [1.165, 1.54) is 19.4 Å². The minimum atomic E-state index is -4.49. The fraction of sp³-hybridized carbons (Fsp3) is 0.214. The van der Waals surface area contributed by atoms with Gasteiger partial charge >= 0.3 is 12.1 Å². The van der Waals surface area contributed by atoms with Gasteiger partial charge in [0.1, 0.15) is 12.4 Å². The van der Waals surface area contributed by atoms with Crippen molar-refractivity contribution in [2.24, 2.45) is 0 Å². The van der Waals surface area contributed by atoms with Crippen LogP contribution in [-0.2, 0) is 22.3 Å². The molecule has 35 heavy (non-hydrogen) atoms. The first-order valence-electron chi connectivity index (χ1n) is 11.0. The third-order valence-electron chi connectivity index (χ3n) is 5.96. The van der Waals surface area contributed by atoms with Crippen molar-refractivity contribution in [3.8, 4) is 16.9 Å². The Morgan fingerprint density at radius 1 is 1.03 bits per heavy atom. The molecule has 0 aliphatic heterocycles. The zero-order chi connectivity index (χ0) is 25.2. The lowest BCUT2D eigenvalue weighted by molar-refractivity contribution is -0.142. The van der Waals surface area contributed by atoms with Gasteiger partial charge in [-0.15, -0.1) is 0 Å². The summed E-state index contributed by atoms with van der Waals surface area (Å²) in [4.78, 5) is 15.8. The lowest BCUT2D eigenvalue weighted by Crippen LogP contribution is -2.10.